The van der Waals surface area contributed by atoms with Crippen LogP contribution in [-0.4, -0.2) is 15.9 Å². The largest absolute Gasteiger partial charge is 0.361 e. The molecule has 3 nitrogen and oxygen atoms in total. The second-order valence-corrected chi connectivity index (χ2v) is 5.10. The Morgan fingerprint density at radius 3 is 3.00 bits per heavy atom. The average Bonchev–Trinajstić information content (AvgIpc) is 2.71. The third-order valence-electron chi connectivity index (χ3n) is 1.93. The maximum atomic E-state index is 5.93. The number of hydrogen-bond acceptors (Lipinski definition) is 4. The minimum Gasteiger partial charge on any atom is -0.361 e. The zero-order chi connectivity index (χ0) is 11.5. The van der Waals surface area contributed by atoms with Gasteiger partial charge in [0.2, 0.25) is 5.13 Å². The molecule has 1 heterocycles. The van der Waals surface area contributed by atoms with Crippen molar-refractivity contribution in [2.75, 3.05) is 11.9 Å². The van der Waals surface area contributed by atoms with Gasteiger partial charge >= 0.3 is 0 Å². The van der Waals surface area contributed by atoms with Crippen molar-refractivity contribution >= 4 is 44.2 Å². The Morgan fingerprint density at radius 1 is 1.50 bits per heavy atom. The van der Waals surface area contributed by atoms with Gasteiger partial charge in [0.05, 0.1) is 5.02 Å². The highest BCUT2D eigenvalue weighted by Gasteiger charge is 2.07. The highest BCUT2D eigenvalue weighted by atomic mass is 79.9. The lowest BCUT2D eigenvalue weighted by atomic mass is 10.2. The van der Waals surface area contributed by atoms with Crippen molar-refractivity contribution in [3.8, 4) is 11.4 Å². The van der Waals surface area contributed by atoms with E-state index in [0.29, 0.717) is 5.02 Å². The number of anilines is 1. The van der Waals surface area contributed by atoms with Crippen LogP contribution in [0.3, 0.4) is 0 Å². The Labute approximate surface area is 111 Å². The molecule has 16 heavy (non-hydrogen) atoms. The van der Waals surface area contributed by atoms with E-state index in [1.807, 2.05) is 25.1 Å². The van der Waals surface area contributed by atoms with Gasteiger partial charge in [-0.3, -0.25) is 0 Å². The molecule has 2 aromatic rings. The van der Waals surface area contributed by atoms with Gasteiger partial charge in [-0.05, 0) is 41.1 Å². The van der Waals surface area contributed by atoms with E-state index in [1.54, 1.807) is 0 Å². The molecule has 0 atom stereocenters. The minimum absolute atomic E-state index is 0.686. The Bertz CT molecular complexity index is 501. The molecule has 0 amide bonds. The van der Waals surface area contributed by atoms with Gasteiger partial charge in [-0.25, -0.2) is 0 Å². The summed E-state index contributed by atoms with van der Waals surface area (Å²) >= 11 is 10.7. The van der Waals surface area contributed by atoms with Crippen molar-refractivity contribution in [3.05, 3.63) is 27.7 Å². The first-order valence-corrected chi connectivity index (χ1v) is 6.68. The van der Waals surface area contributed by atoms with Gasteiger partial charge in [-0.1, -0.05) is 11.6 Å². The Kier molecular flexibility index (Phi) is 3.78. The molecule has 0 radical (unpaired) electrons. The maximum absolute atomic E-state index is 5.93. The number of benzene rings is 1. The molecule has 0 fully saturated rings. The van der Waals surface area contributed by atoms with Gasteiger partial charge in [-0.15, -0.1) is 0 Å². The molecule has 0 aliphatic rings. The van der Waals surface area contributed by atoms with Gasteiger partial charge in [-0.2, -0.15) is 9.36 Å². The van der Waals surface area contributed by atoms with Gasteiger partial charge in [0, 0.05) is 28.1 Å². The second-order valence-electron chi connectivity index (χ2n) is 3.08. The smallest absolute Gasteiger partial charge is 0.202 e. The fourth-order valence-electron chi connectivity index (χ4n) is 1.20. The van der Waals surface area contributed by atoms with E-state index in [4.69, 9.17) is 11.6 Å². The molecule has 0 aliphatic carbocycles. The molecule has 0 saturated heterocycles. The van der Waals surface area contributed by atoms with E-state index in [-0.39, 0.29) is 0 Å². The fraction of sp³-hybridized carbons (Fsp3) is 0.200. The first-order valence-electron chi connectivity index (χ1n) is 4.73. The molecular formula is C10H9BrClN3S. The first-order chi connectivity index (χ1) is 7.70. The van der Waals surface area contributed by atoms with E-state index >= 15 is 0 Å². The summed E-state index contributed by atoms with van der Waals surface area (Å²) < 4.78 is 5.13. The lowest BCUT2D eigenvalue weighted by Crippen LogP contribution is -1.94. The number of nitrogens with one attached hydrogen (secondary N) is 1. The standard InChI is InChI=1S/C10H9BrClN3S/c1-2-13-10-14-9(15-16-10)6-3-4-8(12)7(11)5-6/h3-5H,2H2,1H3,(H,13,14,15). The first kappa shape index (κ1) is 11.8. The third kappa shape index (κ3) is 2.53. The monoisotopic (exact) mass is 317 g/mol. The molecule has 0 spiro atoms. The predicted octanol–water partition coefficient (Wildman–Crippen LogP) is 4.05. The van der Waals surface area contributed by atoms with E-state index < -0.39 is 0 Å². The number of hydrogen-bond donors (Lipinski definition) is 1. The van der Waals surface area contributed by atoms with Crippen molar-refractivity contribution in [1.82, 2.24) is 9.36 Å². The summed E-state index contributed by atoms with van der Waals surface area (Å²) in [5.74, 6) is 0.721. The van der Waals surface area contributed by atoms with Crippen LogP contribution in [0.25, 0.3) is 11.4 Å². The molecule has 6 heteroatoms. The molecule has 2 rings (SSSR count). The summed E-state index contributed by atoms with van der Waals surface area (Å²) in [5, 5.41) is 4.65. The number of nitrogens with zero attached hydrogens (tertiary/aromatic N) is 2. The van der Waals surface area contributed by atoms with Gasteiger partial charge in [0.15, 0.2) is 5.82 Å². The van der Waals surface area contributed by atoms with Crippen LogP contribution < -0.4 is 5.32 Å². The van der Waals surface area contributed by atoms with Crippen LogP contribution in [0.5, 0.6) is 0 Å². The predicted molar refractivity (Wildman–Crippen MR) is 72.2 cm³/mol. The fourth-order valence-corrected chi connectivity index (χ4v) is 2.35. The van der Waals surface area contributed by atoms with Gasteiger partial charge in [0.25, 0.3) is 0 Å². The molecule has 1 aromatic carbocycles. The molecule has 0 bridgehead atoms. The van der Waals surface area contributed by atoms with Crippen LogP contribution in [0.4, 0.5) is 5.13 Å². The van der Waals surface area contributed by atoms with Crippen molar-refractivity contribution in [1.29, 1.82) is 0 Å². The number of rotatable bonds is 3. The summed E-state index contributed by atoms with van der Waals surface area (Å²) in [5.41, 5.74) is 0.955. The highest BCUT2D eigenvalue weighted by molar-refractivity contribution is 9.10. The molecule has 1 aromatic heterocycles. The number of halogens is 2. The summed E-state index contributed by atoms with van der Waals surface area (Å²) in [7, 11) is 0. The van der Waals surface area contributed by atoms with E-state index in [0.717, 1.165) is 27.5 Å². The summed E-state index contributed by atoms with van der Waals surface area (Å²) in [6.07, 6.45) is 0. The van der Waals surface area contributed by atoms with E-state index in [2.05, 4.69) is 30.6 Å². The third-order valence-corrected chi connectivity index (χ3v) is 3.82. The normalized spacial score (nSPS) is 10.4. The van der Waals surface area contributed by atoms with Crippen LogP contribution in [0.2, 0.25) is 5.02 Å². The molecular weight excluding hydrogens is 310 g/mol. The topological polar surface area (TPSA) is 37.8 Å². The Balaban J connectivity index is 2.31. The summed E-state index contributed by atoms with van der Waals surface area (Å²) in [4.78, 5) is 4.37. The van der Waals surface area contributed by atoms with Crippen molar-refractivity contribution < 1.29 is 0 Å². The van der Waals surface area contributed by atoms with Crippen LogP contribution in [0.15, 0.2) is 22.7 Å². The minimum atomic E-state index is 0.686. The van der Waals surface area contributed by atoms with E-state index in [1.165, 1.54) is 11.5 Å². The SMILES string of the molecule is CCNc1nc(-c2ccc(Cl)c(Br)c2)ns1. The maximum Gasteiger partial charge on any atom is 0.202 e. The zero-order valence-electron chi connectivity index (χ0n) is 8.50. The molecule has 1 N–H and O–H groups in total. The van der Waals surface area contributed by atoms with Gasteiger partial charge in [0.1, 0.15) is 0 Å². The average molecular weight is 319 g/mol. The Morgan fingerprint density at radius 2 is 2.31 bits per heavy atom. The zero-order valence-corrected chi connectivity index (χ0v) is 11.7. The molecule has 0 aliphatic heterocycles. The molecule has 0 saturated carbocycles. The Hall–Kier alpha value is -0.650. The van der Waals surface area contributed by atoms with Crippen molar-refractivity contribution in [3.63, 3.8) is 0 Å². The molecule has 0 unspecified atom stereocenters. The number of aromatic nitrogens is 2. The quantitative estimate of drug-likeness (QED) is 0.927. The van der Waals surface area contributed by atoms with Crippen LogP contribution >= 0.6 is 39.1 Å². The van der Waals surface area contributed by atoms with Crippen LogP contribution in [0.1, 0.15) is 6.92 Å². The van der Waals surface area contributed by atoms with E-state index in [9.17, 15) is 0 Å². The lowest BCUT2D eigenvalue weighted by molar-refractivity contribution is 1.19. The van der Waals surface area contributed by atoms with Crippen LogP contribution in [-0.2, 0) is 0 Å². The molecule has 84 valence electrons. The van der Waals surface area contributed by atoms with Crippen molar-refractivity contribution in [2.24, 2.45) is 0 Å². The summed E-state index contributed by atoms with van der Waals surface area (Å²) in [6.45, 7) is 2.87. The summed E-state index contributed by atoms with van der Waals surface area (Å²) in [6, 6.07) is 5.65. The second kappa shape index (κ2) is 5.12. The van der Waals surface area contributed by atoms with Crippen LogP contribution in [0, 0.1) is 0 Å². The highest BCUT2D eigenvalue weighted by Crippen LogP contribution is 2.28. The van der Waals surface area contributed by atoms with Gasteiger partial charge < -0.3 is 5.32 Å². The lowest BCUT2D eigenvalue weighted by Gasteiger charge is -1.98. The van der Waals surface area contributed by atoms with Crippen molar-refractivity contribution in [2.45, 2.75) is 6.92 Å².